The first-order chi connectivity index (χ1) is 15.3. The number of rotatable bonds is 13. The van der Waals surface area contributed by atoms with Crippen molar-refractivity contribution in [3.8, 4) is 12.8 Å². The van der Waals surface area contributed by atoms with Crippen LogP contribution in [0.25, 0.3) is 0 Å². The summed E-state index contributed by atoms with van der Waals surface area (Å²) in [5, 5.41) is 24.7. The van der Waals surface area contributed by atoms with Gasteiger partial charge in [-0.1, -0.05) is 30.3 Å². The number of unbranched alkanes of at least 4 members (excludes halogenated alkanes) is 1. The molecular formula is C20H26O11. The molecule has 1 rings (SSSR count). The fourth-order valence-corrected chi connectivity index (χ4v) is 1.58. The predicted molar refractivity (Wildman–Crippen MR) is 105 cm³/mol. The molecule has 0 saturated heterocycles. The van der Waals surface area contributed by atoms with Gasteiger partial charge in [0.1, 0.15) is 14.6 Å². The first-order valence-corrected chi connectivity index (χ1v) is 8.78. The molecule has 0 aliphatic carbocycles. The van der Waals surface area contributed by atoms with Crippen molar-refractivity contribution in [1.29, 1.82) is 0 Å². The van der Waals surface area contributed by atoms with Crippen LogP contribution in [0.1, 0.15) is 26.2 Å². The van der Waals surface area contributed by atoms with Gasteiger partial charge in [-0.15, -0.1) is 12.8 Å². The molecule has 0 fully saturated rings. The summed E-state index contributed by atoms with van der Waals surface area (Å²) in [7, 11) is 0. The number of aliphatic hydroxyl groups is 1. The number of carboxylic acid groups (broad SMARTS) is 2. The SMILES string of the molecule is O=C(CO)OCc1ccccc1.O=C(O)COOCCCCC(=O)OCC(=O)O.[2H]C#C. The van der Waals surface area contributed by atoms with Crippen LogP contribution < -0.4 is 0 Å². The molecule has 0 heterocycles. The van der Waals surface area contributed by atoms with Crippen molar-refractivity contribution in [1.82, 2.24) is 0 Å². The smallest absolute Gasteiger partial charge is 0.341 e. The molecule has 11 nitrogen and oxygen atoms in total. The van der Waals surface area contributed by atoms with Gasteiger partial charge in [-0.2, -0.15) is 0 Å². The maximum atomic E-state index is 10.9. The van der Waals surface area contributed by atoms with E-state index in [1.54, 1.807) is 0 Å². The van der Waals surface area contributed by atoms with Gasteiger partial charge in [-0.05, 0) is 18.4 Å². The molecule has 0 radical (unpaired) electrons. The van der Waals surface area contributed by atoms with Gasteiger partial charge in [0.25, 0.3) is 0 Å². The number of aliphatic hydroxyl groups excluding tert-OH is 1. The van der Waals surface area contributed by atoms with E-state index in [0.717, 1.165) is 5.56 Å². The molecule has 3 N–H and O–H groups in total. The average Bonchev–Trinajstić information content (AvgIpc) is 2.77. The Kier molecular flexibility index (Phi) is 18.9. The number of carbonyl (C=O) groups is 4. The second kappa shape index (κ2) is 21.3. The van der Waals surface area contributed by atoms with Crippen LogP contribution >= 0.6 is 0 Å². The van der Waals surface area contributed by atoms with E-state index in [9.17, 15) is 19.2 Å². The third kappa shape index (κ3) is 22.7. The molecule has 0 bridgehead atoms. The summed E-state index contributed by atoms with van der Waals surface area (Å²) >= 11 is 0. The average molecular weight is 443 g/mol. The lowest BCUT2D eigenvalue weighted by molar-refractivity contribution is -0.292. The second-order valence-electron chi connectivity index (χ2n) is 5.29. The monoisotopic (exact) mass is 443 g/mol. The quantitative estimate of drug-likeness (QED) is 0.130. The summed E-state index contributed by atoms with van der Waals surface area (Å²) in [5.41, 5.74) is 0.916. The minimum Gasteiger partial charge on any atom is -0.479 e. The highest BCUT2D eigenvalue weighted by Gasteiger charge is 2.05. The van der Waals surface area contributed by atoms with Gasteiger partial charge in [0.2, 0.25) is 0 Å². The first kappa shape index (κ1) is 27.5. The first-order valence-electron chi connectivity index (χ1n) is 9.28. The van der Waals surface area contributed by atoms with Crippen molar-refractivity contribution < 1.29 is 55.1 Å². The number of ether oxygens (including phenoxy) is 2. The van der Waals surface area contributed by atoms with Gasteiger partial charge in [0, 0.05) is 6.42 Å². The molecule has 11 heteroatoms. The Morgan fingerprint density at radius 2 is 1.52 bits per heavy atom. The Morgan fingerprint density at radius 1 is 0.903 bits per heavy atom. The Hall–Kier alpha value is -3.46. The molecule has 0 unspecified atom stereocenters. The lowest BCUT2D eigenvalue weighted by atomic mass is 10.2. The maximum Gasteiger partial charge on any atom is 0.341 e. The van der Waals surface area contributed by atoms with Crippen molar-refractivity contribution in [2.75, 3.05) is 26.4 Å². The van der Waals surface area contributed by atoms with Crippen LogP contribution in [0.4, 0.5) is 0 Å². The zero-order valence-corrected chi connectivity index (χ0v) is 16.7. The van der Waals surface area contributed by atoms with Crippen LogP contribution in [0.5, 0.6) is 0 Å². The molecular weight excluding hydrogens is 416 g/mol. The summed E-state index contributed by atoms with van der Waals surface area (Å²) in [6.07, 6.45) is 6.76. The Balaban J connectivity index is 0. The minimum absolute atomic E-state index is 0.0789. The van der Waals surface area contributed by atoms with E-state index in [-0.39, 0.29) is 19.6 Å². The minimum atomic E-state index is -1.20. The highest BCUT2D eigenvalue weighted by molar-refractivity contribution is 5.75. The number of benzene rings is 1. The van der Waals surface area contributed by atoms with Gasteiger partial charge < -0.3 is 24.8 Å². The zero-order valence-electron chi connectivity index (χ0n) is 17.7. The van der Waals surface area contributed by atoms with Crippen LogP contribution in [0.15, 0.2) is 30.3 Å². The van der Waals surface area contributed by atoms with E-state index >= 15 is 0 Å². The van der Waals surface area contributed by atoms with E-state index in [1.165, 1.54) is 6.40 Å². The number of carboxylic acids is 2. The number of aliphatic carboxylic acids is 2. The second-order valence-corrected chi connectivity index (χ2v) is 5.29. The molecule has 31 heavy (non-hydrogen) atoms. The third-order valence-electron chi connectivity index (χ3n) is 2.85. The molecule has 0 aliphatic rings. The Morgan fingerprint density at radius 3 is 2.06 bits per heavy atom. The summed E-state index contributed by atoms with van der Waals surface area (Å²) in [6, 6.07) is 9.32. The molecule has 1 aromatic carbocycles. The van der Waals surface area contributed by atoms with Gasteiger partial charge in [0.05, 0.1) is 6.61 Å². The molecule has 0 amide bonds. The fourth-order valence-electron chi connectivity index (χ4n) is 1.58. The van der Waals surface area contributed by atoms with Crippen LogP contribution in [0.2, 0.25) is 0 Å². The molecule has 1 aromatic rings. The highest BCUT2D eigenvalue weighted by Crippen LogP contribution is 2.00. The highest BCUT2D eigenvalue weighted by atomic mass is 17.2. The lowest BCUT2D eigenvalue weighted by Crippen LogP contribution is -2.13. The van der Waals surface area contributed by atoms with Crippen LogP contribution in [-0.2, 0) is 45.0 Å². The van der Waals surface area contributed by atoms with Crippen LogP contribution in [0.3, 0.4) is 0 Å². The maximum absolute atomic E-state index is 10.9. The third-order valence-corrected chi connectivity index (χ3v) is 2.85. The standard InChI is InChI=1S/C9H14O8.C9H10O3.C2H2/c10-7(11)5-15-9(14)3-1-2-4-16-17-6-8(12)13;10-6-9(11)12-7-8-4-2-1-3-5-8;1-2/h1-6H2,(H,10,11)(H,12,13);1-5,10H,6-7H2;1-2H/i;;1D. The van der Waals surface area contributed by atoms with E-state index in [4.69, 9.17) is 16.7 Å². The summed E-state index contributed by atoms with van der Waals surface area (Å²) in [4.78, 5) is 50.2. The Labute approximate surface area is 180 Å². The summed E-state index contributed by atoms with van der Waals surface area (Å²) in [5.74, 6) is -3.54. The van der Waals surface area contributed by atoms with Crippen molar-refractivity contribution in [3.63, 3.8) is 0 Å². The van der Waals surface area contributed by atoms with Crippen LogP contribution in [0, 0.1) is 12.8 Å². The van der Waals surface area contributed by atoms with E-state index < -0.39 is 43.7 Å². The number of terminal acetylenes is 1. The molecule has 0 saturated carbocycles. The topological polar surface area (TPSA) is 166 Å². The van der Waals surface area contributed by atoms with Crippen molar-refractivity contribution in [2.24, 2.45) is 0 Å². The number of carbonyl (C=O) groups excluding carboxylic acids is 2. The van der Waals surface area contributed by atoms with E-state index in [2.05, 4.69) is 25.7 Å². The number of hydrogen-bond donors (Lipinski definition) is 3. The molecule has 0 aromatic heterocycles. The van der Waals surface area contributed by atoms with Crippen molar-refractivity contribution in [3.05, 3.63) is 35.9 Å². The lowest BCUT2D eigenvalue weighted by Gasteiger charge is -2.02. The number of esters is 2. The summed E-state index contributed by atoms with van der Waals surface area (Å²) in [6.45, 7) is -1.37. The molecule has 0 aliphatic heterocycles. The van der Waals surface area contributed by atoms with E-state index in [0.29, 0.717) is 12.8 Å². The molecule has 172 valence electrons. The van der Waals surface area contributed by atoms with Crippen molar-refractivity contribution in [2.45, 2.75) is 25.9 Å². The molecule has 0 atom stereocenters. The van der Waals surface area contributed by atoms with Crippen LogP contribution in [-0.4, -0.2) is 65.6 Å². The fraction of sp³-hybridized carbons (Fsp3) is 0.400. The van der Waals surface area contributed by atoms with Gasteiger partial charge >= 0.3 is 23.9 Å². The largest absolute Gasteiger partial charge is 0.479 e. The van der Waals surface area contributed by atoms with E-state index in [1.807, 2.05) is 30.3 Å². The predicted octanol–water partition coefficient (Wildman–Crippen LogP) is 0.789. The normalized spacial score (nSPS) is 9.35. The zero-order chi connectivity index (χ0) is 24.6. The summed E-state index contributed by atoms with van der Waals surface area (Å²) < 4.78 is 14.8. The van der Waals surface area contributed by atoms with Gasteiger partial charge in [-0.3, -0.25) is 4.79 Å². The van der Waals surface area contributed by atoms with Gasteiger partial charge in [-0.25, -0.2) is 24.2 Å². The van der Waals surface area contributed by atoms with Gasteiger partial charge in [0.15, 0.2) is 13.2 Å². The number of hydrogen-bond acceptors (Lipinski definition) is 9. The van der Waals surface area contributed by atoms with Crippen molar-refractivity contribution >= 4 is 23.9 Å². The Bertz CT molecular complexity index is 701. The molecule has 0 spiro atoms.